The molecule has 3 saturated heterocycles. The number of ether oxygens (including phenoxy) is 3. The summed E-state index contributed by atoms with van der Waals surface area (Å²) in [6.45, 7) is 2.48. The topological polar surface area (TPSA) is 343 Å². The van der Waals surface area contributed by atoms with E-state index in [0.717, 1.165) is 125 Å². The molecule has 3 N–H and O–H groups in total. The van der Waals surface area contributed by atoms with Crippen LogP contribution in [0.2, 0.25) is 0 Å². The number of methoxy groups -OCH3 is 3. The molecule has 3 unspecified atom stereocenters. The summed E-state index contributed by atoms with van der Waals surface area (Å²) in [5.74, 6) is -3.99. The number of aliphatic imine (C=N–C) groups is 4. The summed E-state index contributed by atoms with van der Waals surface area (Å²) in [4.78, 5) is 64.3. The number of sulfonamides is 3. The van der Waals surface area contributed by atoms with E-state index >= 15 is 0 Å². The van der Waals surface area contributed by atoms with Gasteiger partial charge in [0.05, 0.1) is 70.4 Å². The summed E-state index contributed by atoms with van der Waals surface area (Å²) >= 11 is 0. The fourth-order valence-corrected chi connectivity index (χ4v) is 18.1. The number of hydrogen-bond acceptors (Lipinski definition) is 21. The van der Waals surface area contributed by atoms with Gasteiger partial charge < -0.3 is 25.1 Å². The minimum atomic E-state index is -4.60. The molecule has 8 atom stereocenters. The zero-order valence-electron chi connectivity index (χ0n) is 61.1. The van der Waals surface area contributed by atoms with E-state index in [1.165, 1.54) is 58.1 Å². The van der Waals surface area contributed by atoms with E-state index in [1.54, 1.807) is 6.20 Å². The van der Waals surface area contributed by atoms with E-state index in [4.69, 9.17) is 19.9 Å². The number of pyridine rings is 3. The molecule has 5 aliphatic heterocycles. The maximum atomic E-state index is 14.5. The SMILES string of the molecule is CC1(C(=O)O)C[C@@H](F)CN1S(=O)(=O)c1ccc(F)cc1.COC1=NC(c2ccc(C(F)(F)F)nc2)N=C1CCC(=O)[C@@]1(C)C[C@@H](F)CN1S(=O)(=O)c1ccc(F)cc1.COC1=NC(c2ccc(C(F)(F)F)nc2)N=C1CCC(=O)[C@]1(C)C[C@@H](F)CN1S(=O)(=O)c1ccc(F)cc1.COc1nn(-c2ccc(C(F)(F)F)nc2)cc1CN. The third kappa shape index (κ3) is 19.9. The van der Waals surface area contributed by atoms with Gasteiger partial charge in [-0.2, -0.15) is 52.4 Å². The Morgan fingerprint density at radius 1 is 0.487 bits per heavy atom. The Labute approximate surface area is 646 Å². The maximum absolute atomic E-state index is 14.5. The number of nitrogens with zero attached hydrogens (tertiary/aromatic N) is 12. The number of hydrogen-bond donors (Lipinski definition) is 2. The quantitative estimate of drug-likeness (QED) is 0.0669. The minimum Gasteiger partial charge on any atom is -0.480 e. The van der Waals surface area contributed by atoms with E-state index in [0.29, 0.717) is 21.4 Å². The molecule has 12 rings (SSSR count). The number of alkyl halides is 12. The zero-order valence-corrected chi connectivity index (χ0v) is 63.5. The average molecular weight is 1690 g/mol. The first-order valence-electron chi connectivity index (χ1n) is 34.0. The molecular weight excluding hydrogens is 1620 g/mol. The molecule has 9 heterocycles. The highest BCUT2D eigenvalue weighted by molar-refractivity contribution is 7.89. The molecule has 115 heavy (non-hydrogen) atoms. The summed E-state index contributed by atoms with van der Waals surface area (Å²) in [5.41, 5.74) is -0.741. The van der Waals surface area contributed by atoms with Gasteiger partial charge in [0, 0.05) is 106 Å². The molecule has 4 aromatic heterocycles. The van der Waals surface area contributed by atoms with Gasteiger partial charge in [0.15, 0.2) is 23.9 Å². The number of carbonyl (C=O) groups excluding carboxylic acids is 2. The lowest BCUT2D eigenvalue weighted by Gasteiger charge is -2.32. The number of carboxylic acids is 1. The van der Waals surface area contributed by atoms with Crippen LogP contribution in [0.4, 0.5) is 65.9 Å². The molecule has 0 radical (unpaired) electrons. The Kier molecular flexibility index (Phi) is 26.8. The van der Waals surface area contributed by atoms with Gasteiger partial charge in [-0.15, -0.1) is 5.10 Å². The fraction of sp³-hybridized carbons (Fsp3) is 0.394. The van der Waals surface area contributed by atoms with Crippen LogP contribution in [0.15, 0.2) is 169 Å². The molecule has 0 aliphatic carbocycles. The molecule has 44 heteroatoms. The standard InChI is InChI=1S/2C24H23F5N4O4S.C12H13F2NO4S.C11H11F3N4O/c2*1-23(11-16(26)13-33(23)38(35,36)17-6-4-15(25)5-7-17)20(34)10-8-18-22(37-2)32-21(31-18)14-3-9-19(30-12-14)24(27,28)29;1-12(11(16)17)6-9(14)7-15(12)20(18,19)10-4-2-8(13)3-5-10;1-19-10-7(4-15)6-18(17-10)8-2-3-9(16-5-8)11(12,13)14/h2*3-7,9,12,16,21H,8,10-11,13H2,1-2H3;2-5,9H,6-7H2,1H3,(H,16,17);2-3,5-6H,4,15H2,1H3/t16-,21?,23+;16-,21?,23-;9-,12?;/m111./s1. The normalized spacial score (nSPS) is 22.8. The molecule has 7 aromatic rings. The average Bonchev–Trinajstić information content (AvgIpc) is 1.66. The van der Waals surface area contributed by atoms with E-state index in [2.05, 4.69) is 40.0 Å². The van der Waals surface area contributed by atoms with Crippen LogP contribution in [0.3, 0.4) is 0 Å². The first kappa shape index (κ1) is 88.8. The van der Waals surface area contributed by atoms with Crippen molar-refractivity contribution in [2.45, 2.75) is 153 Å². The monoisotopic (exact) mass is 1690 g/mol. The minimum absolute atomic E-state index is 0.0347. The second-order valence-electron chi connectivity index (χ2n) is 26.7. The highest BCUT2D eigenvalue weighted by Gasteiger charge is 2.56. The Hall–Kier alpha value is -10.2. The van der Waals surface area contributed by atoms with Crippen LogP contribution in [-0.2, 0) is 79.0 Å². The van der Waals surface area contributed by atoms with Gasteiger partial charge in [-0.3, -0.25) is 34.3 Å². The number of nitrogens with two attached hydrogens (primary N) is 1. The highest BCUT2D eigenvalue weighted by Crippen LogP contribution is 2.42. The Morgan fingerprint density at radius 3 is 1.10 bits per heavy atom. The molecule has 26 nitrogen and oxygen atoms in total. The van der Waals surface area contributed by atoms with E-state index in [-0.39, 0.29) is 94.1 Å². The fourth-order valence-electron chi connectivity index (χ4n) is 12.7. The number of Topliss-reactive ketones (excluding diaryl/α,β-unsaturated/α-hetero) is 2. The van der Waals surface area contributed by atoms with Crippen molar-refractivity contribution in [3.05, 3.63) is 185 Å². The van der Waals surface area contributed by atoms with Crippen LogP contribution in [0, 0.1) is 17.5 Å². The number of carboxylic acid groups (broad SMARTS) is 1. The van der Waals surface area contributed by atoms with Crippen molar-refractivity contribution in [3.63, 3.8) is 0 Å². The molecule has 0 saturated carbocycles. The smallest absolute Gasteiger partial charge is 0.433 e. The van der Waals surface area contributed by atoms with Crippen molar-refractivity contribution in [1.29, 1.82) is 0 Å². The first-order valence-corrected chi connectivity index (χ1v) is 38.3. The summed E-state index contributed by atoms with van der Waals surface area (Å²) in [5, 5.41) is 13.2. The number of halogens is 15. The molecule has 0 spiro atoms. The third-order valence-corrected chi connectivity index (χ3v) is 24.8. The number of aromatic nitrogens is 5. The number of aliphatic carboxylic acids is 1. The van der Waals surface area contributed by atoms with Crippen LogP contribution in [0.1, 0.15) is 112 Å². The third-order valence-electron chi connectivity index (χ3n) is 18.8. The van der Waals surface area contributed by atoms with Crippen molar-refractivity contribution in [2.75, 3.05) is 41.0 Å². The van der Waals surface area contributed by atoms with Gasteiger partial charge >= 0.3 is 24.5 Å². The molecule has 0 bridgehead atoms. The van der Waals surface area contributed by atoms with Gasteiger partial charge in [0.1, 0.15) is 58.6 Å². The van der Waals surface area contributed by atoms with E-state index < -0.39 is 174 Å². The highest BCUT2D eigenvalue weighted by atomic mass is 32.2. The number of benzene rings is 3. The first-order chi connectivity index (χ1) is 53.6. The van der Waals surface area contributed by atoms with Gasteiger partial charge in [0.2, 0.25) is 47.7 Å². The Bertz CT molecular complexity index is 4960. The van der Waals surface area contributed by atoms with Crippen molar-refractivity contribution < 1.29 is 125 Å². The lowest BCUT2D eigenvalue weighted by atomic mass is 9.90. The van der Waals surface area contributed by atoms with Crippen LogP contribution in [0.25, 0.3) is 5.69 Å². The predicted octanol–water partition coefficient (Wildman–Crippen LogP) is 11.7. The molecule has 620 valence electrons. The largest absolute Gasteiger partial charge is 0.480 e. The van der Waals surface area contributed by atoms with Crippen molar-refractivity contribution in [3.8, 4) is 11.6 Å². The van der Waals surface area contributed by atoms with Crippen molar-refractivity contribution in [1.82, 2.24) is 37.6 Å². The second kappa shape index (κ2) is 34.7. The zero-order chi connectivity index (χ0) is 84.9. The summed E-state index contributed by atoms with van der Waals surface area (Å²) in [6.07, 6.45) is -17.2. The molecule has 3 aromatic carbocycles. The van der Waals surface area contributed by atoms with Crippen molar-refractivity contribution in [2.24, 2.45) is 25.7 Å². The lowest BCUT2D eigenvalue weighted by molar-refractivity contribution is -0.146. The molecule has 3 fully saturated rings. The number of carbonyl (C=O) groups is 3. The van der Waals surface area contributed by atoms with Gasteiger partial charge in [0.25, 0.3) is 0 Å². The molecule has 5 aliphatic rings. The van der Waals surface area contributed by atoms with Crippen LogP contribution < -0.4 is 10.5 Å². The summed E-state index contributed by atoms with van der Waals surface area (Å²) < 4.78 is 292. The number of ketones is 2. The molecule has 0 amide bonds. The summed E-state index contributed by atoms with van der Waals surface area (Å²) in [6, 6.07) is 18.1. The van der Waals surface area contributed by atoms with Crippen molar-refractivity contribution >= 4 is 70.8 Å². The maximum Gasteiger partial charge on any atom is 0.433 e. The second-order valence-corrected chi connectivity index (χ2v) is 32.3. The van der Waals surface area contributed by atoms with Gasteiger partial charge in [-0.05, 0) is 118 Å². The van der Waals surface area contributed by atoms with Gasteiger partial charge in [-0.1, -0.05) is 12.1 Å². The Morgan fingerprint density at radius 2 is 0.817 bits per heavy atom. The van der Waals surface area contributed by atoms with Gasteiger partial charge in [-0.25, -0.2) is 71.2 Å². The lowest BCUT2D eigenvalue weighted by Crippen LogP contribution is -2.50. The van der Waals surface area contributed by atoms with E-state index in [1.807, 2.05) is 0 Å². The Balaban J connectivity index is 0.000000184. The molecular formula is C71H70F15N13O13S3. The van der Waals surface area contributed by atoms with Crippen LogP contribution in [-0.4, -0.2) is 185 Å². The van der Waals surface area contributed by atoms with Crippen LogP contribution >= 0.6 is 0 Å². The van der Waals surface area contributed by atoms with E-state index in [9.17, 15) is 111 Å². The summed E-state index contributed by atoms with van der Waals surface area (Å²) in [7, 11) is -8.75. The van der Waals surface area contributed by atoms with Crippen LogP contribution in [0.5, 0.6) is 5.88 Å². The number of rotatable bonds is 20. The predicted molar refractivity (Wildman–Crippen MR) is 379 cm³/mol.